The standard InChI is InChI=1S/C21H23N5O3/c27-19(23-11-13-26-17-8-2-1-7-16(17)24-21(26)29)18-9-3-4-12-25(18)20(28)15-6-5-10-22-14-15/h1-2,5-8,10,14,18H,3-4,9,11-13H2,(H,23,27)(H,24,29). The van der Waals surface area contributed by atoms with Crippen molar-refractivity contribution < 1.29 is 9.59 Å². The molecular formula is C21H23N5O3. The molecule has 1 saturated heterocycles. The number of amides is 2. The highest BCUT2D eigenvalue weighted by Gasteiger charge is 2.32. The number of carbonyl (C=O) groups is 2. The third kappa shape index (κ3) is 3.91. The Balaban J connectivity index is 1.42. The van der Waals surface area contributed by atoms with E-state index in [2.05, 4.69) is 15.3 Å². The summed E-state index contributed by atoms with van der Waals surface area (Å²) in [6.45, 7) is 1.22. The minimum Gasteiger partial charge on any atom is -0.353 e. The lowest BCUT2D eigenvalue weighted by molar-refractivity contribution is -0.126. The van der Waals surface area contributed by atoms with E-state index in [4.69, 9.17) is 0 Å². The lowest BCUT2D eigenvalue weighted by Crippen LogP contribution is -2.52. The van der Waals surface area contributed by atoms with E-state index in [1.54, 1.807) is 27.8 Å². The zero-order valence-corrected chi connectivity index (χ0v) is 16.0. The van der Waals surface area contributed by atoms with Crippen LogP contribution in [0.4, 0.5) is 0 Å². The molecule has 2 amide bonds. The highest BCUT2D eigenvalue weighted by Crippen LogP contribution is 2.20. The fourth-order valence-corrected chi connectivity index (χ4v) is 3.84. The molecule has 8 nitrogen and oxygen atoms in total. The minimum absolute atomic E-state index is 0.175. The average molecular weight is 393 g/mol. The Morgan fingerprint density at radius 2 is 2.03 bits per heavy atom. The van der Waals surface area contributed by atoms with Crippen molar-refractivity contribution in [2.75, 3.05) is 13.1 Å². The Kier molecular flexibility index (Phi) is 5.41. The van der Waals surface area contributed by atoms with Gasteiger partial charge in [0.05, 0.1) is 16.6 Å². The van der Waals surface area contributed by atoms with Crippen molar-refractivity contribution in [3.8, 4) is 0 Å². The van der Waals surface area contributed by atoms with Gasteiger partial charge >= 0.3 is 5.69 Å². The van der Waals surface area contributed by atoms with E-state index in [1.807, 2.05) is 24.3 Å². The first-order valence-corrected chi connectivity index (χ1v) is 9.81. The molecule has 1 aliphatic rings. The molecule has 8 heteroatoms. The van der Waals surface area contributed by atoms with Crippen molar-refractivity contribution in [3.63, 3.8) is 0 Å². The highest BCUT2D eigenvalue weighted by molar-refractivity contribution is 5.97. The second kappa shape index (κ2) is 8.30. The molecule has 2 N–H and O–H groups in total. The summed E-state index contributed by atoms with van der Waals surface area (Å²) in [5, 5.41) is 2.90. The molecule has 0 radical (unpaired) electrons. The topological polar surface area (TPSA) is 100 Å². The molecule has 3 aromatic rings. The molecule has 0 bridgehead atoms. The second-order valence-electron chi connectivity index (χ2n) is 7.14. The highest BCUT2D eigenvalue weighted by atomic mass is 16.2. The number of para-hydroxylation sites is 2. The molecule has 1 aromatic carbocycles. The number of aromatic amines is 1. The van der Waals surface area contributed by atoms with E-state index in [1.165, 1.54) is 6.20 Å². The quantitative estimate of drug-likeness (QED) is 0.687. The fraction of sp³-hybridized carbons (Fsp3) is 0.333. The number of nitrogens with zero attached hydrogens (tertiary/aromatic N) is 3. The normalized spacial score (nSPS) is 16.7. The van der Waals surface area contributed by atoms with Crippen molar-refractivity contribution in [1.82, 2.24) is 24.8 Å². The third-order valence-corrected chi connectivity index (χ3v) is 5.29. The van der Waals surface area contributed by atoms with Gasteiger partial charge in [-0.15, -0.1) is 0 Å². The van der Waals surface area contributed by atoms with E-state index in [-0.39, 0.29) is 17.5 Å². The molecule has 0 aliphatic carbocycles. The summed E-state index contributed by atoms with van der Waals surface area (Å²) in [6, 6.07) is 10.4. The molecular weight excluding hydrogens is 370 g/mol. The number of nitrogens with one attached hydrogen (secondary N) is 2. The summed E-state index contributed by atoms with van der Waals surface area (Å²) >= 11 is 0. The fourth-order valence-electron chi connectivity index (χ4n) is 3.84. The number of rotatable bonds is 5. The van der Waals surface area contributed by atoms with E-state index in [0.717, 1.165) is 23.9 Å². The first kappa shape index (κ1) is 18.9. The molecule has 1 aliphatic heterocycles. The molecule has 1 unspecified atom stereocenters. The number of hydrogen-bond donors (Lipinski definition) is 2. The van der Waals surface area contributed by atoms with Crippen molar-refractivity contribution in [2.45, 2.75) is 31.8 Å². The van der Waals surface area contributed by atoms with Crippen molar-refractivity contribution >= 4 is 22.8 Å². The maximum absolute atomic E-state index is 12.8. The number of pyridine rings is 1. The summed E-state index contributed by atoms with van der Waals surface area (Å²) < 4.78 is 1.61. The molecule has 2 aromatic heterocycles. The summed E-state index contributed by atoms with van der Waals surface area (Å²) in [7, 11) is 0. The van der Waals surface area contributed by atoms with Crippen LogP contribution in [0.1, 0.15) is 29.6 Å². The number of piperidine rings is 1. The van der Waals surface area contributed by atoms with Crippen LogP contribution < -0.4 is 11.0 Å². The van der Waals surface area contributed by atoms with Crippen LogP contribution in [0.25, 0.3) is 11.0 Å². The van der Waals surface area contributed by atoms with Gasteiger partial charge in [-0.1, -0.05) is 12.1 Å². The van der Waals surface area contributed by atoms with E-state index >= 15 is 0 Å². The van der Waals surface area contributed by atoms with Gasteiger partial charge in [-0.25, -0.2) is 4.79 Å². The molecule has 0 saturated carbocycles. The maximum atomic E-state index is 12.8. The van der Waals surface area contributed by atoms with Gasteiger partial charge in [-0.3, -0.25) is 19.1 Å². The Morgan fingerprint density at radius 1 is 1.17 bits per heavy atom. The third-order valence-electron chi connectivity index (χ3n) is 5.29. The van der Waals surface area contributed by atoms with Gasteiger partial charge < -0.3 is 15.2 Å². The molecule has 1 atom stereocenters. The first-order valence-electron chi connectivity index (χ1n) is 9.81. The van der Waals surface area contributed by atoms with E-state index < -0.39 is 6.04 Å². The van der Waals surface area contributed by atoms with Crippen LogP contribution in [0.2, 0.25) is 0 Å². The Bertz CT molecular complexity index is 1070. The van der Waals surface area contributed by atoms with Crippen LogP contribution >= 0.6 is 0 Å². The second-order valence-corrected chi connectivity index (χ2v) is 7.14. The molecule has 0 spiro atoms. The summed E-state index contributed by atoms with van der Waals surface area (Å²) in [4.78, 5) is 46.2. The van der Waals surface area contributed by atoms with Crippen LogP contribution in [0.5, 0.6) is 0 Å². The maximum Gasteiger partial charge on any atom is 0.326 e. The molecule has 4 rings (SSSR count). The first-order chi connectivity index (χ1) is 14.1. The van der Waals surface area contributed by atoms with Crippen LogP contribution in [0, 0.1) is 0 Å². The number of imidazole rings is 1. The summed E-state index contributed by atoms with van der Waals surface area (Å²) in [5.41, 5.74) is 1.85. The molecule has 1 fully saturated rings. The van der Waals surface area contributed by atoms with Crippen LogP contribution in [-0.2, 0) is 11.3 Å². The van der Waals surface area contributed by atoms with Gasteiger partial charge in [0.15, 0.2) is 0 Å². The number of aromatic nitrogens is 3. The van der Waals surface area contributed by atoms with Crippen molar-refractivity contribution in [1.29, 1.82) is 0 Å². The largest absolute Gasteiger partial charge is 0.353 e. The van der Waals surface area contributed by atoms with Crippen LogP contribution in [-0.4, -0.2) is 50.4 Å². The van der Waals surface area contributed by atoms with Gasteiger partial charge in [0.1, 0.15) is 6.04 Å². The van der Waals surface area contributed by atoms with Crippen LogP contribution in [0.15, 0.2) is 53.6 Å². The zero-order valence-electron chi connectivity index (χ0n) is 16.0. The number of benzene rings is 1. The lowest BCUT2D eigenvalue weighted by Gasteiger charge is -2.34. The summed E-state index contributed by atoms with van der Waals surface area (Å²) in [5.74, 6) is -0.361. The number of fused-ring (bicyclic) bond motifs is 1. The van der Waals surface area contributed by atoms with Gasteiger partial charge in [-0.05, 0) is 43.5 Å². The van der Waals surface area contributed by atoms with Crippen LogP contribution in [0.3, 0.4) is 0 Å². The SMILES string of the molecule is O=C(NCCn1c(=O)[nH]c2ccccc21)C1CCCCN1C(=O)c1cccnc1. The van der Waals surface area contributed by atoms with Crippen molar-refractivity contribution in [2.24, 2.45) is 0 Å². The zero-order chi connectivity index (χ0) is 20.2. The lowest BCUT2D eigenvalue weighted by atomic mass is 10.0. The number of H-pyrrole nitrogens is 1. The predicted molar refractivity (Wildman–Crippen MR) is 108 cm³/mol. The van der Waals surface area contributed by atoms with Gasteiger partial charge in [0.2, 0.25) is 5.91 Å². The predicted octanol–water partition coefficient (Wildman–Crippen LogP) is 1.54. The molecule has 3 heterocycles. The minimum atomic E-state index is -0.504. The van der Waals surface area contributed by atoms with E-state index in [0.29, 0.717) is 31.6 Å². The monoisotopic (exact) mass is 393 g/mol. The molecule has 150 valence electrons. The average Bonchev–Trinajstić information content (AvgIpc) is 3.09. The van der Waals surface area contributed by atoms with Crippen molar-refractivity contribution in [3.05, 3.63) is 64.8 Å². The Hall–Kier alpha value is -3.42. The van der Waals surface area contributed by atoms with E-state index in [9.17, 15) is 14.4 Å². The number of hydrogen-bond acceptors (Lipinski definition) is 4. The molecule has 29 heavy (non-hydrogen) atoms. The number of likely N-dealkylation sites (tertiary alicyclic amines) is 1. The number of carbonyl (C=O) groups excluding carboxylic acids is 2. The van der Waals surface area contributed by atoms with Gasteiger partial charge in [0.25, 0.3) is 5.91 Å². The smallest absolute Gasteiger partial charge is 0.326 e. The summed E-state index contributed by atoms with van der Waals surface area (Å²) in [6.07, 6.45) is 5.54. The Labute approximate surface area is 167 Å². The van der Waals surface area contributed by atoms with Gasteiger partial charge in [-0.2, -0.15) is 0 Å². The van der Waals surface area contributed by atoms with Gasteiger partial charge in [0, 0.05) is 32.0 Å². The Morgan fingerprint density at radius 3 is 2.86 bits per heavy atom.